The predicted octanol–water partition coefficient (Wildman–Crippen LogP) is -4.92. The Kier molecular flexibility index (Phi) is 15.1. The van der Waals surface area contributed by atoms with Crippen LogP contribution in [-0.4, -0.2) is 17.0 Å². The van der Waals surface area contributed by atoms with E-state index in [-0.39, 0.29) is 111 Å². The number of azo groups is 2. The van der Waals surface area contributed by atoms with Crippen molar-refractivity contribution in [2.24, 2.45) is 20.5 Å². The molecule has 0 aliphatic rings. The van der Waals surface area contributed by atoms with E-state index >= 15 is 0 Å². The number of aromatic carboxylic acids is 2. The number of carboxylic acid groups (broad SMARTS) is 2. The van der Waals surface area contributed by atoms with Crippen LogP contribution in [0.5, 0.6) is 5.75 Å². The molecule has 5 rings (SSSR count). The molecule has 5 aromatic carbocycles. The van der Waals surface area contributed by atoms with Crippen LogP contribution < -0.4 is 110 Å². The zero-order chi connectivity index (χ0) is 29.8. The van der Waals surface area contributed by atoms with Gasteiger partial charge in [-0.2, -0.15) is 9.45 Å². The van der Waals surface area contributed by atoms with Crippen LogP contribution in [0, 0.1) is 0 Å². The minimum absolute atomic E-state index is 0. The molecule has 0 unspecified atom stereocenters. The van der Waals surface area contributed by atoms with E-state index in [0.29, 0.717) is 50.6 Å². The number of phenols is 1. The maximum atomic E-state index is 11.3. The summed E-state index contributed by atoms with van der Waals surface area (Å²) in [6.07, 6.45) is 0. The van der Waals surface area contributed by atoms with Crippen molar-refractivity contribution in [3.05, 3.63) is 90.0 Å². The number of rotatable bonds is 9. The summed E-state index contributed by atoms with van der Waals surface area (Å²) in [7, 11) is 0. The Morgan fingerprint density at radius 1 is 0.733 bits per heavy atom. The fourth-order valence-corrected chi connectivity index (χ4v) is 4.62. The quantitative estimate of drug-likeness (QED) is 0.0387. The molecule has 45 heavy (non-hydrogen) atoms. The molecule has 0 bridgehead atoms. The average Bonchev–Trinajstić information content (AvgIpc) is 2.99. The summed E-state index contributed by atoms with van der Waals surface area (Å²) in [5.41, 5.74) is 6.21. The number of carbonyl (C=O) groups is 2. The molecule has 0 fully saturated rings. The van der Waals surface area contributed by atoms with Crippen LogP contribution >= 0.6 is 12.0 Å². The maximum absolute atomic E-state index is 11.3. The van der Waals surface area contributed by atoms with Gasteiger partial charge < -0.3 is 35.9 Å². The molecule has 210 valence electrons. The summed E-state index contributed by atoms with van der Waals surface area (Å²) in [6, 6.07) is 19.8. The van der Waals surface area contributed by atoms with Gasteiger partial charge in [0.1, 0.15) is 5.69 Å². The minimum Gasteiger partial charge on any atom is -0.691 e. The third-order valence-electron chi connectivity index (χ3n) is 6.03. The van der Waals surface area contributed by atoms with E-state index in [1.807, 2.05) is 0 Å². The summed E-state index contributed by atoms with van der Waals surface area (Å²) in [6.45, 7) is 0. The van der Waals surface area contributed by atoms with Gasteiger partial charge in [0.05, 0.1) is 45.9 Å². The van der Waals surface area contributed by atoms with Crippen molar-refractivity contribution in [1.29, 1.82) is 0 Å². The second kappa shape index (κ2) is 17.5. The Morgan fingerprint density at radius 2 is 1.31 bits per heavy atom. The number of nitrogen functional groups attached to an aromatic ring is 1. The molecule has 0 atom stereocenters. The van der Waals surface area contributed by atoms with Crippen LogP contribution in [-0.2, 0) is 9.37 Å². The van der Waals surface area contributed by atoms with E-state index in [1.54, 1.807) is 60.7 Å². The summed E-state index contributed by atoms with van der Waals surface area (Å²) >= 11 is 0.543. The van der Waals surface area contributed by atoms with Crippen molar-refractivity contribution in [2.75, 3.05) is 5.73 Å². The maximum Gasteiger partial charge on any atom is 1.00 e. The number of carboxylic acids is 2. The Labute approximate surface area is 325 Å². The first-order valence-corrected chi connectivity index (χ1v) is 12.6. The van der Waals surface area contributed by atoms with Crippen molar-refractivity contribution < 1.29 is 128 Å². The Balaban J connectivity index is 0.00000235. The molecule has 0 aromatic heterocycles. The first-order chi connectivity index (χ1) is 20.2. The molecule has 0 radical (unpaired) electrons. The van der Waals surface area contributed by atoms with Gasteiger partial charge in [-0.25, -0.2) is 0 Å². The molecule has 0 aliphatic heterocycles. The van der Waals surface area contributed by atoms with E-state index in [9.17, 15) is 30.2 Å². The number of carbonyl (C=O) groups excluding carboxylic acids is 2. The number of hydrogen-bond acceptors (Lipinski definition) is 14. The average molecular weight is 652 g/mol. The zero-order valence-electron chi connectivity index (χ0n) is 24.1. The smallest absolute Gasteiger partial charge is 0.691 e. The first-order valence-electron chi connectivity index (χ1n) is 11.9. The minimum atomic E-state index is -1.58. The van der Waals surface area contributed by atoms with Gasteiger partial charge in [-0.3, -0.25) is 5.04 Å². The molecule has 17 heteroatoms. The van der Waals surface area contributed by atoms with Gasteiger partial charge in [0, 0.05) is 33.0 Å². The van der Waals surface area contributed by atoms with Crippen LogP contribution in [0.1, 0.15) is 20.7 Å². The molecule has 0 heterocycles. The molecule has 0 aliphatic carbocycles. The van der Waals surface area contributed by atoms with Gasteiger partial charge in [0.2, 0.25) is 0 Å². The molecule has 0 spiro atoms. The summed E-state index contributed by atoms with van der Waals surface area (Å²) in [5, 5.41) is 66.4. The number of fused-ring (bicyclic) bond motifs is 2. The van der Waals surface area contributed by atoms with Gasteiger partial charge in [-0.05, 0) is 53.9 Å². The van der Waals surface area contributed by atoms with Gasteiger partial charge in [0.15, 0.2) is 5.75 Å². The number of hydrogen-bond donors (Lipinski definition) is 2. The topological polar surface area (TPSA) is 217 Å². The van der Waals surface area contributed by atoms with E-state index in [0.717, 1.165) is 18.2 Å². The van der Waals surface area contributed by atoms with Crippen LogP contribution in [0.3, 0.4) is 0 Å². The van der Waals surface area contributed by atoms with Gasteiger partial charge in [-0.1, -0.05) is 30.3 Å². The molecule has 13 nitrogen and oxygen atoms in total. The first kappa shape index (κ1) is 38.8. The second-order valence-electron chi connectivity index (χ2n) is 8.66. The van der Waals surface area contributed by atoms with E-state index in [1.165, 1.54) is 0 Å². The van der Waals surface area contributed by atoms with Gasteiger partial charge in [0.25, 0.3) is 0 Å². The number of phenolic OH excluding ortho intramolecular Hbond substituents is 1. The SMILES string of the molecule is Nc1ccc2cc(SOO[O-])c(N=Nc3ccc(N=Nc4cc(C(=O)[O-])cc(C(=O)[O-])c4)c4ccccc34)c(O)c2c1.[Na+].[Na+].[Na+]. The number of anilines is 1. The molecule has 0 amide bonds. The van der Waals surface area contributed by atoms with Crippen molar-refractivity contribution >= 4 is 74.0 Å². The largest absolute Gasteiger partial charge is 1.00 e. The third kappa shape index (κ3) is 9.11. The van der Waals surface area contributed by atoms with Gasteiger partial charge in [-0.15, -0.1) is 15.3 Å². The predicted molar refractivity (Wildman–Crippen MR) is 145 cm³/mol. The van der Waals surface area contributed by atoms with Gasteiger partial charge >= 0.3 is 88.7 Å². The number of benzene rings is 5. The fraction of sp³-hybridized carbons (Fsp3) is 0. The number of nitrogens with zero attached hydrogens (tertiary/aromatic N) is 4. The van der Waals surface area contributed by atoms with E-state index < -0.39 is 23.1 Å². The molecule has 5 aromatic rings. The van der Waals surface area contributed by atoms with Crippen molar-refractivity contribution in [2.45, 2.75) is 4.90 Å². The monoisotopic (exact) mass is 651 g/mol. The molecular weight excluding hydrogens is 635 g/mol. The fourth-order valence-electron chi connectivity index (χ4n) is 4.13. The second-order valence-corrected chi connectivity index (χ2v) is 9.41. The molecule has 3 N–H and O–H groups in total. The van der Waals surface area contributed by atoms with Crippen LogP contribution in [0.4, 0.5) is 28.4 Å². The molecule has 0 saturated heterocycles. The Morgan fingerprint density at radius 3 is 1.87 bits per heavy atom. The molecule has 0 saturated carbocycles. The van der Waals surface area contributed by atoms with Crippen LogP contribution in [0.2, 0.25) is 0 Å². The van der Waals surface area contributed by atoms with Crippen molar-refractivity contribution in [3.63, 3.8) is 0 Å². The van der Waals surface area contributed by atoms with Crippen LogP contribution in [0.15, 0.2) is 104 Å². The van der Waals surface area contributed by atoms with Crippen LogP contribution in [0.25, 0.3) is 21.5 Å². The third-order valence-corrected chi connectivity index (χ3v) is 6.64. The Bertz CT molecular complexity index is 1910. The molecular formula is C28H16N5Na3O8S. The summed E-state index contributed by atoms with van der Waals surface area (Å²) in [4.78, 5) is 22.8. The normalized spacial score (nSPS) is 10.9. The zero-order valence-corrected chi connectivity index (χ0v) is 30.9. The Hall–Kier alpha value is -2.41. The van der Waals surface area contributed by atoms with Crippen molar-refractivity contribution in [1.82, 2.24) is 0 Å². The number of nitrogens with two attached hydrogens (primary N) is 1. The number of aromatic hydroxyl groups is 1. The summed E-state index contributed by atoms with van der Waals surface area (Å²) in [5.74, 6) is -3.40. The standard InChI is InChI=1S/C28H19N5O8S.3Na/c29-17-6-5-14-12-24(42-41-40-39)25(26(34)21(14)13-17)33-32-23-8-7-22(19-3-1-2-4-20(19)23)31-30-18-10-15(27(35)36)9-16(11-18)28(37)38;;;/h1-13,34,39H,29H2,(H,35,36)(H,37,38);;;/q;3*+1/p-3. The van der Waals surface area contributed by atoms with E-state index in [4.69, 9.17) is 5.73 Å². The van der Waals surface area contributed by atoms with E-state index in [2.05, 4.69) is 29.8 Å². The van der Waals surface area contributed by atoms with Crippen molar-refractivity contribution in [3.8, 4) is 5.75 Å². The summed E-state index contributed by atoms with van der Waals surface area (Å²) < 4.78 is 4.46.